The quantitative estimate of drug-likeness (QED) is 0.622. The van der Waals surface area contributed by atoms with Crippen LogP contribution in [-0.4, -0.2) is 21.6 Å². The lowest BCUT2D eigenvalue weighted by Gasteiger charge is -2.27. The van der Waals surface area contributed by atoms with Crippen molar-refractivity contribution in [3.8, 4) is 0 Å². The average molecular weight is 393 g/mol. The third-order valence-electron chi connectivity index (χ3n) is 5.34. The van der Waals surface area contributed by atoms with E-state index in [2.05, 4.69) is 4.98 Å². The highest BCUT2D eigenvalue weighted by atomic mass is 32.1. The molecule has 2 atom stereocenters. The summed E-state index contributed by atoms with van der Waals surface area (Å²) in [5.74, 6) is 1.55. The minimum Gasteiger partial charge on any atom is -0.467 e. The highest BCUT2D eigenvalue weighted by Crippen LogP contribution is 2.45. The lowest BCUT2D eigenvalue weighted by Crippen LogP contribution is -2.31. The molecule has 1 amide bonds. The molecule has 1 fully saturated rings. The molecule has 0 aromatic carbocycles. The molecular formula is C21H19N3O3S. The highest BCUT2D eigenvalue weighted by molar-refractivity contribution is 7.11. The van der Waals surface area contributed by atoms with Crippen LogP contribution in [0, 0.1) is 12.8 Å². The number of allylic oxidation sites excluding steroid dienone is 1. The Morgan fingerprint density at radius 2 is 2.14 bits per heavy atom. The largest absolute Gasteiger partial charge is 0.467 e. The molecule has 1 saturated carbocycles. The zero-order chi connectivity index (χ0) is 19.1. The normalized spacial score (nSPS) is 23.1. The van der Waals surface area contributed by atoms with E-state index in [1.165, 1.54) is 11.3 Å². The first kappa shape index (κ1) is 17.2. The molecule has 0 saturated heterocycles. The van der Waals surface area contributed by atoms with Crippen LogP contribution in [0.2, 0.25) is 0 Å². The van der Waals surface area contributed by atoms with Gasteiger partial charge < -0.3 is 8.83 Å². The number of nitrogens with zero attached hydrogens (tertiary/aromatic N) is 3. The van der Waals surface area contributed by atoms with E-state index >= 15 is 0 Å². The minimum atomic E-state index is -0.237. The molecule has 1 aliphatic carbocycles. The van der Waals surface area contributed by atoms with Crippen LogP contribution in [-0.2, 0) is 0 Å². The molecule has 0 N–H and O–H groups in total. The summed E-state index contributed by atoms with van der Waals surface area (Å²) in [6.07, 6.45) is 8.27. The smallest absolute Gasteiger partial charge is 0.286 e. The monoisotopic (exact) mass is 393 g/mol. The molecule has 0 bridgehead atoms. The van der Waals surface area contributed by atoms with Crippen molar-refractivity contribution in [3.05, 3.63) is 70.0 Å². The number of aromatic nitrogens is 1. The molecule has 0 spiro atoms. The number of carbonyl (C=O) groups is 1. The zero-order valence-electron chi connectivity index (χ0n) is 15.4. The zero-order valence-corrected chi connectivity index (χ0v) is 16.2. The third kappa shape index (κ3) is 2.82. The van der Waals surface area contributed by atoms with Gasteiger partial charge in [-0.2, -0.15) is 5.10 Å². The maximum absolute atomic E-state index is 13.3. The lowest BCUT2D eigenvalue weighted by molar-refractivity contribution is 0.0660. The van der Waals surface area contributed by atoms with Gasteiger partial charge in [-0.1, -0.05) is 0 Å². The van der Waals surface area contributed by atoms with Gasteiger partial charge in [-0.05, 0) is 62.1 Å². The number of carbonyl (C=O) groups excluding carboxylic acids is 1. The first-order valence-corrected chi connectivity index (χ1v) is 10.2. The minimum absolute atomic E-state index is 0.110. The van der Waals surface area contributed by atoms with Crippen LogP contribution in [0.4, 0.5) is 0 Å². The van der Waals surface area contributed by atoms with E-state index in [1.54, 1.807) is 23.0 Å². The number of rotatable bonds is 3. The van der Waals surface area contributed by atoms with Crippen LogP contribution in [0.3, 0.4) is 0 Å². The van der Waals surface area contributed by atoms with Gasteiger partial charge in [0.25, 0.3) is 5.91 Å². The molecule has 3 aromatic heterocycles. The van der Waals surface area contributed by atoms with Crippen molar-refractivity contribution >= 4 is 29.0 Å². The SMILES string of the molecule is Cc1ncsc1C(=O)N1N=C2/C(=C/c3ccco3)CCCC2C1c1ccco1. The van der Waals surface area contributed by atoms with E-state index in [9.17, 15) is 4.79 Å². The van der Waals surface area contributed by atoms with Gasteiger partial charge in [0, 0.05) is 5.92 Å². The van der Waals surface area contributed by atoms with E-state index < -0.39 is 0 Å². The number of fused-ring (bicyclic) bond motifs is 1. The van der Waals surface area contributed by atoms with Crippen LogP contribution in [0.1, 0.15) is 52.2 Å². The van der Waals surface area contributed by atoms with Gasteiger partial charge in [-0.15, -0.1) is 11.3 Å². The van der Waals surface area contributed by atoms with Gasteiger partial charge in [0.1, 0.15) is 22.4 Å². The van der Waals surface area contributed by atoms with Gasteiger partial charge in [-0.3, -0.25) is 4.79 Å². The van der Waals surface area contributed by atoms with Gasteiger partial charge in [-0.25, -0.2) is 9.99 Å². The fourth-order valence-electron chi connectivity index (χ4n) is 4.06. The van der Waals surface area contributed by atoms with Crippen molar-refractivity contribution < 1.29 is 13.6 Å². The summed E-state index contributed by atoms with van der Waals surface area (Å²) in [6, 6.07) is 7.35. The van der Waals surface area contributed by atoms with E-state index in [1.807, 2.05) is 37.3 Å². The van der Waals surface area contributed by atoms with Crippen LogP contribution in [0.15, 0.2) is 61.8 Å². The van der Waals surface area contributed by atoms with Crippen molar-refractivity contribution in [2.45, 2.75) is 32.2 Å². The third-order valence-corrected chi connectivity index (χ3v) is 6.26. The summed E-state index contributed by atoms with van der Waals surface area (Å²) < 4.78 is 11.2. The predicted molar refractivity (Wildman–Crippen MR) is 106 cm³/mol. The van der Waals surface area contributed by atoms with E-state index in [4.69, 9.17) is 13.9 Å². The molecule has 2 aliphatic rings. The van der Waals surface area contributed by atoms with Crippen molar-refractivity contribution in [3.63, 3.8) is 0 Å². The molecule has 142 valence electrons. The Bertz CT molecular complexity index is 1050. The summed E-state index contributed by atoms with van der Waals surface area (Å²) in [6.45, 7) is 1.85. The Kier molecular flexibility index (Phi) is 4.24. The second kappa shape index (κ2) is 6.91. The fourth-order valence-corrected chi connectivity index (χ4v) is 4.80. The first-order chi connectivity index (χ1) is 13.7. The first-order valence-electron chi connectivity index (χ1n) is 9.32. The Balaban J connectivity index is 1.58. The second-order valence-electron chi connectivity index (χ2n) is 7.05. The van der Waals surface area contributed by atoms with Crippen molar-refractivity contribution in [1.82, 2.24) is 9.99 Å². The number of thiazole rings is 1. The van der Waals surface area contributed by atoms with Gasteiger partial charge in [0.05, 0.1) is 29.4 Å². The molecule has 2 unspecified atom stereocenters. The standard InChI is InChI=1S/C21H19N3O3S/c1-13-20(28-12-22-13)21(25)24-19(17-8-4-10-27-17)16-7-2-5-14(18(16)23-24)11-15-6-3-9-26-15/h3-4,6,8-12,16,19H,2,5,7H2,1H3/b14-11+. The average Bonchev–Trinajstić information content (AvgIpc) is 3.48. The van der Waals surface area contributed by atoms with E-state index in [-0.39, 0.29) is 17.9 Å². The number of amides is 1. The summed E-state index contributed by atoms with van der Waals surface area (Å²) in [4.78, 5) is 18.2. The molecule has 28 heavy (non-hydrogen) atoms. The van der Waals surface area contributed by atoms with E-state index in [0.29, 0.717) is 4.88 Å². The molecule has 3 aromatic rings. The summed E-state index contributed by atoms with van der Waals surface area (Å²) >= 11 is 1.35. The molecular weight excluding hydrogens is 374 g/mol. The number of furan rings is 2. The van der Waals surface area contributed by atoms with E-state index in [0.717, 1.165) is 47.8 Å². The van der Waals surface area contributed by atoms with Crippen molar-refractivity contribution in [1.29, 1.82) is 0 Å². The Hall–Kier alpha value is -2.93. The van der Waals surface area contributed by atoms with Gasteiger partial charge >= 0.3 is 0 Å². The van der Waals surface area contributed by atoms with Crippen molar-refractivity contribution in [2.24, 2.45) is 11.0 Å². The molecule has 4 heterocycles. The Labute approximate surface area is 166 Å². The summed E-state index contributed by atoms with van der Waals surface area (Å²) in [7, 11) is 0. The molecule has 6 nitrogen and oxygen atoms in total. The second-order valence-corrected chi connectivity index (χ2v) is 7.90. The molecule has 5 rings (SSSR count). The van der Waals surface area contributed by atoms with Crippen molar-refractivity contribution in [2.75, 3.05) is 0 Å². The van der Waals surface area contributed by atoms with Crippen LogP contribution >= 0.6 is 11.3 Å². The van der Waals surface area contributed by atoms with Crippen LogP contribution in [0.5, 0.6) is 0 Å². The topological polar surface area (TPSA) is 71.8 Å². The summed E-state index contributed by atoms with van der Waals surface area (Å²) in [5.41, 5.74) is 4.51. The number of aryl methyl sites for hydroxylation is 1. The molecule has 7 heteroatoms. The fraction of sp³-hybridized carbons (Fsp3) is 0.286. The number of hydrogen-bond acceptors (Lipinski definition) is 6. The van der Waals surface area contributed by atoms with Crippen LogP contribution in [0.25, 0.3) is 6.08 Å². The van der Waals surface area contributed by atoms with Gasteiger partial charge in [0.15, 0.2) is 0 Å². The molecule has 0 radical (unpaired) electrons. The number of hydrogen-bond donors (Lipinski definition) is 0. The summed E-state index contributed by atoms with van der Waals surface area (Å²) in [5, 5.41) is 6.41. The maximum Gasteiger partial charge on any atom is 0.286 e. The van der Waals surface area contributed by atoms with Crippen LogP contribution < -0.4 is 0 Å². The van der Waals surface area contributed by atoms with Gasteiger partial charge in [0.2, 0.25) is 0 Å². The lowest BCUT2D eigenvalue weighted by atomic mass is 9.79. The number of hydrazone groups is 1. The highest BCUT2D eigenvalue weighted by Gasteiger charge is 2.45. The predicted octanol–water partition coefficient (Wildman–Crippen LogP) is 5.07. The Morgan fingerprint density at radius 1 is 1.29 bits per heavy atom. The molecule has 1 aliphatic heterocycles. The maximum atomic E-state index is 13.3. The Morgan fingerprint density at radius 3 is 2.86 bits per heavy atom.